The van der Waals surface area contributed by atoms with Crippen LogP contribution in [0.4, 0.5) is 0 Å². The lowest BCUT2D eigenvalue weighted by Crippen LogP contribution is -2.04. The minimum atomic E-state index is -0.541. The van der Waals surface area contributed by atoms with Crippen molar-refractivity contribution in [3.8, 4) is 11.5 Å². The summed E-state index contributed by atoms with van der Waals surface area (Å²) < 4.78 is 23.1. The van der Waals surface area contributed by atoms with Gasteiger partial charge in [-0.1, -0.05) is 23.7 Å². The molecule has 0 aliphatic carbocycles. The summed E-state index contributed by atoms with van der Waals surface area (Å²) in [5.74, 6) is 1.19. The average Bonchev–Trinajstić information content (AvgIpc) is 3.38. The zero-order valence-electron chi connectivity index (χ0n) is 16.4. The van der Waals surface area contributed by atoms with Crippen molar-refractivity contribution in [3.63, 3.8) is 0 Å². The lowest BCUT2D eigenvalue weighted by atomic mass is 10.1. The Balaban J connectivity index is 1.61. The molecule has 0 amide bonds. The third-order valence-corrected chi connectivity index (χ3v) is 5.30. The van der Waals surface area contributed by atoms with Gasteiger partial charge in [0, 0.05) is 5.02 Å². The monoisotopic (exact) mass is 549 g/mol. The Hall–Kier alpha value is -2.78. The number of nitrogens with zero attached hydrogens (tertiary/aromatic N) is 1. The average molecular weight is 550 g/mol. The van der Waals surface area contributed by atoms with Gasteiger partial charge in [-0.25, -0.2) is 9.79 Å². The van der Waals surface area contributed by atoms with Gasteiger partial charge in [0.05, 0.1) is 16.4 Å². The molecule has 2 heterocycles. The van der Waals surface area contributed by atoms with Crippen LogP contribution >= 0.6 is 34.2 Å². The second kappa shape index (κ2) is 9.57. The molecule has 4 rings (SSSR count). The van der Waals surface area contributed by atoms with Crippen molar-refractivity contribution in [2.75, 3.05) is 6.61 Å². The Morgan fingerprint density at radius 3 is 2.77 bits per heavy atom. The van der Waals surface area contributed by atoms with Crippen molar-refractivity contribution < 1.29 is 23.4 Å². The molecule has 0 spiro atoms. The van der Waals surface area contributed by atoms with Crippen LogP contribution in [0.2, 0.25) is 5.02 Å². The number of rotatable bonds is 7. The minimum absolute atomic E-state index is 0.141. The van der Waals surface area contributed by atoms with Crippen LogP contribution in [0.15, 0.2) is 69.9 Å². The summed E-state index contributed by atoms with van der Waals surface area (Å²) in [7, 11) is 0. The smallest absolute Gasteiger partial charge is 0.363 e. The van der Waals surface area contributed by atoms with E-state index < -0.39 is 5.97 Å². The second-order valence-electron chi connectivity index (χ2n) is 6.49. The molecule has 2 aromatic carbocycles. The molecule has 0 radical (unpaired) electrons. The standard InChI is InChI=1S/C23H17ClINO5/c1-2-28-20-12-15(11-18-23(27)31-22(26-18)19-7-4-8-29-19)10-17(25)21(20)30-13-14-5-3-6-16(24)9-14/h3-12H,2,13H2,1H3/b18-11+. The van der Waals surface area contributed by atoms with Gasteiger partial charge in [0.25, 0.3) is 5.90 Å². The predicted octanol–water partition coefficient (Wildman–Crippen LogP) is 5.86. The molecule has 1 aliphatic rings. The largest absolute Gasteiger partial charge is 0.490 e. The first kappa shape index (κ1) is 21.5. The highest BCUT2D eigenvalue weighted by atomic mass is 127. The number of aliphatic imine (C=N–C) groups is 1. The summed E-state index contributed by atoms with van der Waals surface area (Å²) >= 11 is 8.23. The molecular formula is C23H17ClINO5. The molecule has 0 saturated carbocycles. The van der Waals surface area contributed by atoms with Crippen molar-refractivity contribution in [1.82, 2.24) is 0 Å². The van der Waals surface area contributed by atoms with Gasteiger partial charge in [-0.2, -0.15) is 0 Å². The van der Waals surface area contributed by atoms with Crippen molar-refractivity contribution in [1.29, 1.82) is 0 Å². The number of carbonyl (C=O) groups is 1. The van der Waals surface area contributed by atoms with E-state index in [-0.39, 0.29) is 11.6 Å². The quantitative estimate of drug-likeness (QED) is 0.210. The number of ether oxygens (including phenoxy) is 3. The molecule has 158 valence electrons. The first-order valence-electron chi connectivity index (χ1n) is 9.43. The number of cyclic esters (lactones) is 1. The van der Waals surface area contributed by atoms with Crippen LogP contribution in [0.25, 0.3) is 6.08 Å². The summed E-state index contributed by atoms with van der Waals surface area (Å²) in [5, 5.41) is 0.653. The van der Waals surface area contributed by atoms with E-state index in [0.717, 1.165) is 14.7 Å². The predicted molar refractivity (Wildman–Crippen MR) is 125 cm³/mol. The molecule has 31 heavy (non-hydrogen) atoms. The molecule has 0 N–H and O–H groups in total. The Labute approximate surface area is 197 Å². The van der Waals surface area contributed by atoms with Crippen molar-refractivity contribution >= 4 is 52.1 Å². The normalized spacial score (nSPS) is 14.5. The van der Waals surface area contributed by atoms with E-state index in [9.17, 15) is 4.79 Å². The third kappa shape index (κ3) is 5.11. The van der Waals surface area contributed by atoms with Crippen LogP contribution in [-0.4, -0.2) is 18.5 Å². The lowest BCUT2D eigenvalue weighted by molar-refractivity contribution is -0.130. The number of esters is 1. The molecule has 8 heteroatoms. The number of furan rings is 1. The summed E-state index contributed by atoms with van der Waals surface area (Å²) in [6.45, 7) is 2.71. The SMILES string of the molecule is CCOc1cc(/C=C2/N=C(c3ccco3)OC2=O)cc(I)c1OCc1cccc(Cl)c1. The molecule has 1 aromatic heterocycles. The second-order valence-corrected chi connectivity index (χ2v) is 8.09. The third-order valence-electron chi connectivity index (χ3n) is 4.26. The summed E-state index contributed by atoms with van der Waals surface area (Å²) in [6, 6.07) is 14.6. The van der Waals surface area contributed by atoms with Gasteiger partial charge < -0.3 is 18.6 Å². The molecule has 3 aromatic rings. The molecule has 0 bridgehead atoms. The fourth-order valence-electron chi connectivity index (χ4n) is 2.93. The zero-order chi connectivity index (χ0) is 21.8. The van der Waals surface area contributed by atoms with E-state index in [1.807, 2.05) is 37.3 Å². The van der Waals surface area contributed by atoms with E-state index in [0.29, 0.717) is 35.5 Å². The lowest BCUT2D eigenvalue weighted by Gasteiger charge is -2.15. The number of hydrogen-bond donors (Lipinski definition) is 0. The van der Waals surface area contributed by atoms with Crippen LogP contribution in [0.3, 0.4) is 0 Å². The molecule has 6 nitrogen and oxygen atoms in total. The van der Waals surface area contributed by atoms with Crippen LogP contribution in [0.1, 0.15) is 23.8 Å². The van der Waals surface area contributed by atoms with Crippen molar-refractivity contribution in [2.24, 2.45) is 4.99 Å². The summed E-state index contributed by atoms with van der Waals surface area (Å²) in [6.07, 6.45) is 3.13. The van der Waals surface area contributed by atoms with Crippen molar-refractivity contribution in [2.45, 2.75) is 13.5 Å². The van der Waals surface area contributed by atoms with Gasteiger partial charge in [-0.3, -0.25) is 0 Å². The molecule has 0 unspecified atom stereocenters. The Bertz CT molecular complexity index is 1170. The molecule has 1 aliphatic heterocycles. The number of halogens is 2. The Kier molecular flexibility index (Phi) is 6.62. The van der Waals surface area contributed by atoms with Crippen molar-refractivity contribution in [3.05, 3.63) is 86.0 Å². The summed E-state index contributed by atoms with van der Waals surface area (Å²) in [4.78, 5) is 16.5. The number of carbonyl (C=O) groups excluding carboxylic acids is 1. The maximum atomic E-state index is 12.2. The van der Waals surface area contributed by atoms with Crippen LogP contribution in [0, 0.1) is 3.57 Å². The van der Waals surface area contributed by atoms with Crippen LogP contribution in [-0.2, 0) is 16.1 Å². The Morgan fingerprint density at radius 1 is 1.16 bits per heavy atom. The highest BCUT2D eigenvalue weighted by Crippen LogP contribution is 2.36. The van der Waals surface area contributed by atoms with Gasteiger partial charge in [0.15, 0.2) is 23.0 Å². The maximum Gasteiger partial charge on any atom is 0.363 e. The maximum absolute atomic E-state index is 12.2. The fourth-order valence-corrected chi connectivity index (χ4v) is 3.92. The van der Waals surface area contributed by atoms with Crippen LogP contribution < -0.4 is 9.47 Å². The summed E-state index contributed by atoms with van der Waals surface area (Å²) in [5.41, 5.74) is 1.86. The van der Waals surface area contributed by atoms with Gasteiger partial charge in [-0.15, -0.1) is 0 Å². The van der Waals surface area contributed by atoms with Gasteiger partial charge in [-0.05, 0) is 83.1 Å². The molecule has 0 fully saturated rings. The molecule has 0 saturated heterocycles. The highest BCUT2D eigenvalue weighted by Gasteiger charge is 2.26. The number of benzene rings is 2. The first-order valence-corrected chi connectivity index (χ1v) is 10.9. The highest BCUT2D eigenvalue weighted by molar-refractivity contribution is 14.1. The fraction of sp³-hybridized carbons (Fsp3) is 0.130. The number of hydrogen-bond acceptors (Lipinski definition) is 6. The van der Waals surface area contributed by atoms with Crippen LogP contribution in [0.5, 0.6) is 11.5 Å². The zero-order valence-corrected chi connectivity index (χ0v) is 19.3. The first-order chi connectivity index (χ1) is 15.0. The minimum Gasteiger partial charge on any atom is -0.490 e. The van der Waals surface area contributed by atoms with E-state index in [1.165, 1.54) is 6.26 Å². The van der Waals surface area contributed by atoms with E-state index in [1.54, 1.807) is 24.3 Å². The molecule has 0 atom stereocenters. The van der Waals surface area contributed by atoms with E-state index in [4.69, 9.17) is 30.2 Å². The van der Waals surface area contributed by atoms with Gasteiger partial charge in [0.1, 0.15) is 6.61 Å². The van der Waals surface area contributed by atoms with E-state index in [2.05, 4.69) is 27.6 Å². The van der Waals surface area contributed by atoms with Gasteiger partial charge in [0.2, 0.25) is 0 Å². The van der Waals surface area contributed by atoms with Gasteiger partial charge >= 0.3 is 5.97 Å². The molecular weight excluding hydrogens is 533 g/mol. The topological polar surface area (TPSA) is 70.3 Å². The Morgan fingerprint density at radius 2 is 2.03 bits per heavy atom. The van der Waals surface area contributed by atoms with E-state index >= 15 is 0 Å².